The van der Waals surface area contributed by atoms with Crippen molar-refractivity contribution >= 4 is 30.3 Å². The van der Waals surface area contributed by atoms with E-state index in [0.717, 1.165) is 0 Å². The van der Waals surface area contributed by atoms with Crippen LogP contribution >= 0.6 is 0 Å². The van der Waals surface area contributed by atoms with Gasteiger partial charge in [-0.25, -0.2) is 19.2 Å². The first kappa shape index (κ1) is 48.6. The van der Waals surface area contributed by atoms with Crippen molar-refractivity contribution in [2.24, 2.45) is 0 Å². The lowest BCUT2D eigenvalue weighted by Gasteiger charge is -2.18. The number of carbonyl (C=O) groups excluding carboxylic acids is 4. The SMILES string of the molecule is C.C.C.C.C.CCOC(=O)NCCNC(=O)OCC(COC(=O)NCCNC(=O)OCC)OCCCC(=O)O. The maximum Gasteiger partial charge on any atom is 0.407 e. The lowest BCUT2D eigenvalue weighted by molar-refractivity contribution is -0.137. The van der Waals surface area contributed by atoms with Crippen LogP contribution < -0.4 is 21.3 Å². The van der Waals surface area contributed by atoms with E-state index in [1.54, 1.807) is 13.8 Å². The molecule has 0 saturated heterocycles. The van der Waals surface area contributed by atoms with Gasteiger partial charge >= 0.3 is 30.3 Å². The van der Waals surface area contributed by atoms with Gasteiger partial charge in [0.2, 0.25) is 0 Å². The molecule has 0 aromatic carbocycles. The van der Waals surface area contributed by atoms with Crippen LogP contribution in [0.5, 0.6) is 0 Å². The average molecular weight is 575 g/mol. The Morgan fingerprint density at radius 3 is 1.26 bits per heavy atom. The van der Waals surface area contributed by atoms with Gasteiger partial charge in [0.05, 0.1) is 13.2 Å². The van der Waals surface area contributed by atoms with E-state index in [4.69, 9.17) is 19.3 Å². The molecule has 39 heavy (non-hydrogen) atoms. The monoisotopic (exact) mass is 574 g/mol. The minimum absolute atomic E-state index is 0. The predicted octanol–water partition coefficient (Wildman–Crippen LogP) is 3.36. The molecule has 5 N–H and O–H groups in total. The third-order valence-electron chi connectivity index (χ3n) is 3.57. The molecular formula is C24H54N4O11. The first-order valence-corrected chi connectivity index (χ1v) is 10.7. The standard InChI is InChI=1S/C19H34N4O11.5CH4/c1-3-30-16(26)20-7-9-22-18(28)33-12-14(32-11-5-6-15(24)25)13-34-19(29)23-10-8-21-17(27)31-4-2;;;;;/h14H,3-13H2,1-2H3,(H,20,26)(H,21,27)(H,22,28)(H,23,29)(H,24,25);5*1H4. The fourth-order valence-corrected chi connectivity index (χ4v) is 2.08. The highest BCUT2D eigenvalue weighted by Gasteiger charge is 2.16. The number of alkyl carbamates (subject to hydrolysis) is 4. The maximum atomic E-state index is 11.8. The number of aliphatic carboxylic acids is 1. The Hall–Kier alpha value is -3.49. The van der Waals surface area contributed by atoms with Gasteiger partial charge in [-0.2, -0.15) is 0 Å². The van der Waals surface area contributed by atoms with Crippen molar-refractivity contribution in [3.05, 3.63) is 0 Å². The van der Waals surface area contributed by atoms with E-state index in [2.05, 4.69) is 30.7 Å². The average Bonchev–Trinajstić information content (AvgIpc) is 2.78. The van der Waals surface area contributed by atoms with Crippen molar-refractivity contribution < 1.29 is 52.8 Å². The number of hydrogen-bond donors (Lipinski definition) is 5. The van der Waals surface area contributed by atoms with Crippen LogP contribution in [0.1, 0.15) is 63.8 Å². The van der Waals surface area contributed by atoms with E-state index < -0.39 is 36.4 Å². The number of rotatable bonds is 17. The Morgan fingerprint density at radius 1 is 0.615 bits per heavy atom. The normalized spacial score (nSPS) is 8.79. The van der Waals surface area contributed by atoms with Gasteiger partial charge in [-0.15, -0.1) is 0 Å². The molecular weight excluding hydrogens is 520 g/mol. The summed E-state index contributed by atoms with van der Waals surface area (Å²) in [6.45, 7) is 3.66. The number of hydrogen-bond acceptors (Lipinski definition) is 10. The Balaban J connectivity index is -0.000000544. The van der Waals surface area contributed by atoms with Crippen LogP contribution in [0, 0.1) is 0 Å². The van der Waals surface area contributed by atoms with Crippen molar-refractivity contribution in [3.8, 4) is 0 Å². The molecule has 4 amide bonds. The van der Waals surface area contributed by atoms with Crippen molar-refractivity contribution in [1.82, 2.24) is 21.3 Å². The molecule has 0 aromatic rings. The van der Waals surface area contributed by atoms with Gasteiger partial charge in [-0.1, -0.05) is 37.1 Å². The summed E-state index contributed by atoms with van der Waals surface area (Å²) in [7, 11) is 0. The highest BCUT2D eigenvalue weighted by Crippen LogP contribution is 2.00. The highest BCUT2D eigenvalue weighted by atomic mass is 16.6. The zero-order valence-corrected chi connectivity index (χ0v) is 19.4. The van der Waals surface area contributed by atoms with E-state index in [1.165, 1.54) is 0 Å². The zero-order valence-electron chi connectivity index (χ0n) is 19.4. The highest BCUT2D eigenvalue weighted by molar-refractivity contribution is 5.69. The second kappa shape index (κ2) is 32.5. The van der Waals surface area contributed by atoms with Crippen molar-refractivity contribution in [3.63, 3.8) is 0 Å². The van der Waals surface area contributed by atoms with E-state index in [-0.39, 0.29) is 109 Å². The fraction of sp³-hybridized carbons (Fsp3) is 0.792. The summed E-state index contributed by atoms with van der Waals surface area (Å²) in [5, 5.41) is 18.3. The molecule has 0 radical (unpaired) electrons. The molecule has 0 unspecified atom stereocenters. The van der Waals surface area contributed by atoms with Crippen LogP contribution in [0.25, 0.3) is 0 Å². The second-order valence-corrected chi connectivity index (χ2v) is 6.34. The number of amides is 4. The molecule has 0 rings (SSSR count). The van der Waals surface area contributed by atoms with Crippen LogP contribution in [0.2, 0.25) is 0 Å². The van der Waals surface area contributed by atoms with E-state index in [9.17, 15) is 24.0 Å². The molecule has 0 aliphatic rings. The van der Waals surface area contributed by atoms with Crippen LogP contribution in [0.3, 0.4) is 0 Å². The molecule has 236 valence electrons. The van der Waals surface area contributed by atoms with E-state index in [0.29, 0.717) is 0 Å². The molecule has 0 spiro atoms. The minimum Gasteiger partial charge on any atom is -0.481 e. The van der Waals surface area contributed by atoms with Gasteiger partial charge in [0, 0.05) is 39.2 Å². The largest absolute Gasteiger partial charge is 0.481 e. The van der Waals surface area contributed by atoms with Gasteiger partial charge in [0.25, 0.3) is 0 Å². The Morgan fingerprint density at radius 2 is 0.949 bits per heavy atom. The van der Waals surface area contributed by atoms with Gasteiger partial charge in [0.15, 0.2) is 0 Å². The van der Waals surface area contributed by atoms with E-state index in [1.807, 2.05) is 0 Å². The molecule has 0 aliphatic heterocycles. The van der Waals surface area contributed by atoms with E-state index >= 15 is 0 Å². The molecule has 0 fully saturated rings. The molecule has 0 aliphatic carbocycles. The van der Waals surface area contributed by atoms with Crippen LogP contribution in [-0.2, 0) is 28.5 Å². The van der Waals surface area contributed by atoms with Gasteiger partial charge in [0.1, 0.15) is 19.3 Å². The number of carboxylic acid groups (broad SMARTS) is 1. The third-order valence-corrected chi connectivity index (χ3v) is 3.57. The first-order chi connectivity index (χ1) is 16.3. The van der Waals surface area contributed by atoms with Crippen LogP contribution in [0.4, 0.5) is 19.2 Å². The summed E-state index contributed by atoms with van der Waals surface area (Å²) in [4.78, 5) is 56.4. The molecule has 15 nitrogen and oxygen atoms in total. The predicted molar refractivity (Wildman–Crippen MR) is 149 cm³/mol. The van der Waals surface area contributed by atoms with Crippen molar-refractivity contribution in [1.29, 1.82) is 0 Å². The van der Waals surface area contributed by atoms with Crippen LogP contribution in [0.15, 0.2) is 0 Å². The van der Waals surface area contributed by atoms with Crippen LogP contribution in [-0.4, -0.2) is 101 Å². The molecule has 0 saturated carbocycles. The molecule has 0 aromatic heterocycles. The maximum absolute atomic E-state index is 11.8. The Labute approximate surface area is 234 Å². The van der Waals surface area contributed by atoms with Gasteiger partial charge in [-0.05, 0) is 20.3 Å². The first-order valence-electron chi connectivity index (χ1n) is 10.7. The van der Waals surface area contributed by atoms with Crippen molar-refractivity contribution in [2.75, 3.05) is 59.2 Å². The summed E-state index contributed by atoms with van der Waals surface area (Å²) in [5.41, 5.74) is 0. The number of nitrogens with one attached hydrogen (secondary N) is 4. The second-order valence-electron chi connectivity index (χ2n) is 6.34. The summed E-state index contributed by atoms with van der Waals surface area (Å²) in [6, 6.07) is 0. The summed E-state index contributed by atoms with van der Waals surface area (Å²) >= 11 is 0. The lowest BCUT2D eigenvalue weighted by atomic mass is 10.3. The smallest absolute Gasteiger partial charge is 0.407 e. The quantitative estimate of drug-likeness (QED) is 0.126. The lowest BCUT2D eigenvalue weighted by Crippen LogP contribution is -2.38. The van der Waals surface area contributed by atoms with Gasteiger partial charge < -0.3 is 50.1 Å². The topological polar surface area (TPSA) is 200 Å². The number of carboxylic acids is 1. The Kier molecular flexibility index (Phi) is 40.5. The fourth-order valence-electron chi connectivity index (χ4n) is 2.08. The molecule has 0 heterocycles. The molecule has 15 heteroatoms. The minimum atomic E-state index is -0.987. The Bertz CT molecular complexity index is 595. The number of ether oxygens (including phenoxy) is 5. The summed E-state index contributed by atoms with van der Waals surface area (Å²) in [6.07, 6.45) is -3.56. The number of carbonyl (C=O) groups is 5. The zero-order chi connectivity index (χ0) is 25.6. The summed E-state index contributed by atoms with van der Waals surface area (Å²) < 4.78 is 24.8. The van der Waals surface area contributed by atoms with Gasteiger partial charge in [-0.3, -0.25) is 4.79 Å². The third kappa shape index (κ3) is 32.5. The van der Waals surface area contributed by atoms with Crippen molar-refractivity contribution in [2.45, 2.75) is 69.9 Å². The summed E-state index contributed by atoms with van der Waals surface area (Å²) in [5.74, 6) is -0.987. The molecule has 0 bridgehead atoms. The molecule has 0 atom stereocenters.